The summed E-state index contributed by atoms with van der Waals surface area (Å²) >= 11 is 0. The summed E-state index contributed by atoms with van der Waals surface area (Å²) < 4.78 is 2.43. The van der Waals surface area contributed by atoms with Crippen molar-refractivity contribution >= 4 is 38.9 Å². The first-order valence-electron chi connectivity index (χ1n) is 22.6. The van der Waals surface area contributed by atoms with Gasteiger partial charge in [0, 0.05) is 38.8 Å². The van der Waals surface area contributed by atoms with Gasteiger partial charge in [-0.1, -0.05) is 202 Å². The van der Waals surface area contributed by atoms with E-state index in [1.54, 1.807) is 0 Å². The molecule has 10 aromatic carbocycles. The van der Waals surface area contributed by atoms with Crippen LogP contribution in [-0.4, -0.2) is 4.57 Å². The van der Waals surface area contributed by atoms with Gasteiger partial charge in [-0.15, -0.1) is 0 Å². The van der Waals surface area contributed by atoms with Crippen molar-refractivity contribution in [3.8, 4) is 61.3 Å². The van der Waals surface area contributed by atoms with E-state index < -0.39 is 0 Å². The van der Waals surface area contributed by atoms with Crippen LogP contribution >= 0.6 is 0 Å². The van der Waals surface area contributed by atoms with Crippen LogP contribution in [0.1, 0.15) is 25.0 Å². The third-order valence-electron chi connectivity index (χ3n) is 13.6. The molecule has 65 heavy (non-hydrogen) atoms. The van der Waals surface area contributed by atoms with Crippen LogP contribution < -0.4 is 4.90 Å². The van der Waals surface area contributed by atoms with Crippen molar-refractivity contribution in [3.63, 3.8) is 0 Å². The Morgan fingerprint density at radius 1 is 0.323 bits per heavy atom. The van der Waals surface area contributed by atoms with E-state index in [9.17, 15) is 0 Å². The van der Waals surface area contributed by atoms with Gasteiger partial charge >= 0.3 is 0 Å². The van der Waals surface area contributed by atoms with Gasteiger partial charge < -0.3 is 9.47 Å². The number of nitrogens with zero attached hydrogens (tertiary/aromatic N) is 2. The van der Waals surface area contributed by atoms with Crippen molar-refractivity contribution in [1.29, 1.82) is 0 Å². The van der Waals surface area contributed by atoms with Crippen molar-refractivity contribution in [2.24, 2.45) is 0 Å². The molecule has 0 saturated heterocycles. The minimum Gasteiger partial charge on any atom is -0.310 e. The van der Waals surface area contributed by atoms with Crippen LogP contribution in [0.4, 0.5) is 17.1 Å². The van der Waals surface area contributed by atoms with Crippen LogP contribution in [-0.2, 0) is 5.41 Å². The van der Waals surface area contributed by atoms with Crippen molar-refractivity contribution in [3.05, 3.63) is 254 Å². The molecule has 0 saturated carbocycles. The fourth-order valence-electron chi connectivity index (χ4n) is 10.5. The average molecular weight is 831 g/mol. The Bertz CT molecular complexity index is 3510. The summed E-state index contributed by atoms with van der Waals surface area (Å²) in [6.07, 6.45) is 0. The molecular weight excluding hydrogens is 785 g/mol. The molecule has 0 unspecified atom stereocenters. The Morgan fingerprint density at radius 3 is 1.35 bits per heavy atom. The Labute approximate surface area is 381 Å². The molecule has 308 valence electrons. The number of hydrogen-bond acceptors (Lipinski definition) is 1. The maximum absolute atomic E-state index is 2.47. The lowest BCUT2D eigenvalue weighted by atomic mass is 9.82. The molecule has 12 rings (SSSR count). The lowest BCUT2D eigenvalue weighted by Crippen LogP contribution is -2.17. The van der Waals surface area contributed by atoms with Crippen LogP contribution in [0.15, 0.2) is 243 Å². The summed E-state index contributed by atoms with van der Waals surface area (Å²) in [4.78, 5) is 2.47. The summed E-state index contributed by atoms with van der Waals surface area (Å²) in [5.41, 5.74) is 21.6. The molecule has 11 aromatic rings. The van der Waals surface area contributed by atoms with Gasteiger partial charge in [-0.2, -0.15) is 0 Å². The number of rotatable bonds is 8. The highest BCUT2D eigenvalue weighted by molar-refractivity contribution is 6.09. The Kier molecular flexibility index (Phi) is 9.21. The maximum atomic E-state index is 2.47. The van der Waals surface area contributed by atoms with E-state index in [0.717, 1.165) is 17.1 Å². The second-order valence-electron chi connectivity index (χ2n) is 17.7. The molecule has 1 aliphatic rings. The molecular formula is C63H46N2. The largest absolute Gasteiger partial charge is 0.310 e. The third-order valence-corrected chi connectivity index (χ3v) is 13.6. The van der Waals surface area contributed by atoms with E-state index in [-0.39, 0.29) is 5.41 Å². The van der Waals surface area contributed by atoms with Gasteiger partial charge in [0.15, 0.2) is 0 Å². The number of anilines is 3. The highest BCUT2D eigenvalue weighted by atomic mass is 15.1. The van der Waals surface area contributed by atoms with Crippen LogP contribution in [0.5, 0.6) is 0 Å². The number of benzene rings is 10. The Hall–Kier alpha value is -8.20. The van der Waals surface area contributed by atoms with Gasteiger partial charge in [0.2, 0.25) is 0 Å². The predicted molar refractivity (Wildman–Crippen MR) is 275 cm³/mol. The number of aromatic nitrogens is 1. The summed E-state index contributed by atoms with van der Waals surface area (Å²) in [5, 5.41) is 2.55. The highest BCUT2D eigenvalue weighted by Gasteiger charge is 2.37. The molecule has 0 N–H and O–H groups in total. The third kappa shape index (κ3) is 6.40. The molecule has 0 amide bonds. The van der Waals surface area contributed by atoms with Crippen LogP contribution in [0, 0.1) is 0 Å². The molecule has 2 heteroatoms. The molecule has 1 heterocycles. The van der Waals surface area contributed by atoms with Crippen molar-refractivity contribution < 1.29 is 0 Å². The number of para-hydroxylation sites is 3. The minimum atomic E-state index is -0.258. The molecule has 0 radical (unpaired) electrons. The van der Waals surface area contributed by atoms with Gasteiger partial charge in [0.05, 0.1) is 16.7 Å². The van der Waals surface area contributed by atoms with Crippen LogP contribution in [0.25, 0.3) is 83.1 Å². The topological polar surface area (TPSA) is 8.17 Å². The summed E-state index contributed by atoms with van der Waals surface area (Å²) in [5.74, 6) is 0. The Balaban J connectivity index is 1.01. The minimum absolute atomic E-state index is 0.258. The van der Waals surface area contributed by atoms with E-state index in [2.05, 4.69) is 266 Å². The van der Waals surface area contributed by atoms with Crippen LogP contribution in [0.2, 0.25) is 0 Å². The van der Waals surface area contributed by atoms with Crippen molar-refractivity contribution in [2.45, 2.75) is 19.3 Å². The first-order chi connectivity index (χ1) is 32.0. The Morgan fingerprint density at radius 2 is 0.754 bits per heavy atom. The molecule has 0 aliphatic heterocycles. The molecule has 0 bridgehead atoms. The van der Waals surface area contributed by atoms with Gasteiger partial charge in [-0.3, -0.25) is 0 Å². The highest BCUT2D eigenvalue weighted by Crippen LogP contribution is 2.52. The fourth-order valence-corrected chi connectivity index (χ4v) is 10.5. The standard InChI is InChI=1S/C63H46N2/c1-63(2)58-41-47(37-39-53(58)54-40-38-48(42-59(54)63)65-61-31-17-14-28-56(61)57-29-15-18-32-62(57)65)64(46-35-33-45(34-36-46)50-24-10-9-23-49(50)43-19-5-3-6-20-43)60-30-16-13-27-55(60)52-26-12-11-25-51(52)44-21-7-4-8-22-44/h3-42H,1-2H3. The molecule has 1 aromatic heterocycles. The van der Waals surface area contributed by atoms with Gasteiger partial charge in [-0.05, 0) is 116 Å². The van der Waals surface area contributed by atoms with Gasteiger partial charge in [0.25, 0.3) is 0 Å². The van der Waals surface area contributed by atoms with E-state index in [4.69, 9.17) is 0 Å². The van der Waals surface area contributed by atoms with E-state index >= 15 is 0 Å². The monoisotopic (exact) mass is 830 g/mol. The lowest BCUT2D eigenvalue weighted by molar-refractivity contribution is 0.660. The van der Waals surface area contributed by atoms with Gasteiger partial charge in [-0.25, -0.2) is 0 Å². The van der Waals surface area contributed by atoms with E-state index in [1.807, 2.05) is 0 Å². The normalized spacial score (nSPS) is 12.6. The first kappa shape index (κ1) is 38.5. The van der Waals surface area contributed by atoms with E-state index in [0.29, 0.717) is 0 Å². The fraction of sp³-hybridized carbons (Fsp3) is 0.0476. The maximum Gasteiger partial charge on any atom is 0.0541 e. The molecule has 1 aliphatic carbocycles. The molecule has 0 spiro atoms. The van der Waals surface area contributed by atoms with Crippen LogP contribution in [0.3, 0.4) is 0 Å². The van der Waals surface area contributed by atoms with Crippen molar-refractivity contribution in [2.75, 3.05) is 4.90 Å². The summed E-state index contributed by atoms with van der Waals surface area (Å²) in [7, 11) is 0. The zero-order chi connectivity index (χ0) is 43.5. The second-order valence-corrected chi connectivity index (χ2v) is 17.7. The zero-order valence-corrected chi connectivity index (χ0v) is 36.5. The predicted octanol–water partition coefficient (Wildman–Crippen LogP) is 17.2. The SMILES string of the molecule is CC1(C)c2cc(N(c3ccc(-c4ccccc4-c4ccccc4)cc3)c3ccccc3-c3ccccc3-c3ccccc3)ccc2-c2ccc(-n3c4ccccc4c4ccccc43)cc21. The summed E-state index contributed by atoms with van der Waals surface area (Å²) in [6.45, 7) is 4.79. The smallest absolute Gasteiger partial charge is 0.0541 e. The van der Waals surface area contributed by atoms with Crippen molar-refractivity contribution in [1.82, 2.24) is 4.57 Å². The molecule has 0 atom stereocenters. The first-order valence-corrected chi connectivity index (χ1v) is 22.6. The molecule has 0 fully saturated rings. The number of hydrogen-bond donors (Lipinski definition) is 0. The van der Waals surface area contributed by atoms with Gasteiger partial charge in [0.1, 0.15) is 0 Å². The summed E-state index contributed by atoms with van der Waals surface area (Å²) in [6, 6.07) is 88.8. The second kappa shape index (κ2) is 15.6. The van der Waals surface area contributed by atoms with E-state index in [1.165, 1.54) is 94.3 Å². The quantitative estimate of drug-likeness (QED) is 0.148. The average Bonchev–Trinajstić information content (AvgIpc) is 3.82. The molecule has 2 nitrogen and oxygen atoms in total. The zero-order valence-electron chi connectivity index (χ0n) is 36.5. The lowest BCUT2D eigenvalue weighted by Gasteiger charge is -2.30. The number of fused-ring (bicyclic) bond motifs is 6.